The van der Waals surface area contributed by atoms with Gasteiger partial charge in [0.25, 0.3) is 0 Å². The predicted molar refractivity (Wildman–Crippen MR) is 54.0 cm³/mol. The molecular formula is C7H15Br2N. The summed E-state index contributed by atoms with van der Waals surface area (Å²) in [5.41, 5.74) is 0. The van der Waals surface area contributed by atoms with Crippen LogP contribution in [-0.4, -0.2) is 27.8 Å². The summed E-state index contributed by atoms with van der Waals surface area (Å²) in [6.07, 6.45) is 0. The molecule has 62 valence electrons. The Labute approximate surface area is 80.4 Å². The fourth-order valence-corrected chi connectivity index (χ4v) is 1.78. The number of rotatable bonds is 4. The van der Waals surface area contributed by atoms with Crippen molar-refractivity contribution in [1.29, 1.82) is 0 Å². The van der Waals surface area contributed by atoms with E-state index in [1.807, 2.05) is 0 Å². The fourth-order valence-electron chi connectivity index (χ4n) is 0.863. The van der Waals surface area contributed by atoms with E-state index in [-0.39, 0.29) is 0 Å². The van der Waals surface area contributed by atoms with Crippen molar-refractivity contribution in [2.75, 3.05) is 13.1 Å². The van der Waals surface area contributed by atoms with E-state index in [1.54, 1.807) is 0 Å². The number of alkyl halides is 2. The van der Waals surface area contributed by atoms with Gasteiger partial charge in [0.1, 0.15) is 0 Å². The first-order chi connectivity index (χ1) is 4.63. The summed E-state index contributed by atoms with van der Waals surface area (Å²) in [6.45, 7) is 8.70. The van der Waals surface area contributed by atoms with E-state index >= 15 is 0 Å². The van der Waals surface area contributed by atoms with Gasteiger partial charge in [-0.05, 0) is 13.1 Å². The summed E-state index contributed by atoms with van der Waals surface area (Å²) in [5, 5.41) is 0. The van der Waals surface area contributed by atoms with Gasteiger partial charge in [0.05, 0.1) is 4.95 Å². The summed E-state index contributed by atoms with van der Waals surface area (Å²) in [5.74, 6) is 0. The average molecular weight is 273 g/mol. The molecule has 0 aromatic carbocycles. The number of hydrogen-bond donors (Lipinski definition) is 0. The van der Waals surface area contributed by atoms with Crippen LogP contribution in [0.1, 0.15) is 20.8 Å². The molecule has 2 unspecified atom stereocenters. The smallest absolute Gasteiger partial charge is 0.0779 e. The minimum atomic E-state index is 0.461. The molecule has 10 heavy (non-hydrogen) atoms. The van der Waals surface area contributed by atoms with Crippen LogP contribution in [0.4, 0.5) is 0 Å². The molecule has 0 saturated heterocycles. The molecule has 0 N–H and O–H groups in total. The molecule has 0 aliphatic carbocycles. The van der Waals surface area contributed by atoms with Crippen molar-refractivity contribution in [3.8, 4) is 0 Å². The minimum absolute atomic E-state index is 0.461. The zero-order valence-corrected chi connectivity index (χ0v) is 9.94. The Bertz CT molecular complexity index is 81.7. The Balaban J connectivity index is 3.76. The molecule has 0 amide bonds. The third kappa shape index (κ3) is 3.35. The highest BCUT2D eigenvalue weighted by Gasteiger charge is 2.15. The van der Waals surface area contributed by atoms with E-state index < -0.39 is 0 Å². The van der Waals surface area contributed by atoms with Gasteiger partial charge in [-0.2, -0.15) is 0 Å². The Morgan fingerprint density at radius 1 is 1.20 bits per heavy atom. The van der Waals surface area contributed by atoms with E-state index in [0.29, 0.717) is 9.78 Å². The zero-order valence-electron chi connectivity index (χ0n) is 6.77. The number of hydrogen-bond acceptors (Lipinski definition) is 1. The van der Waals surface area contributed by atoms with Gasteiger partial charge in [0, 0.05) is 4.83 Å². The summed E-state index contributed by atoms with van der Waals surface area (Å²) in [4.78, 5) is 3.33. The summed E-state index contributed by atoms with van der Waals surface area (Å²) in [7, 11) is 0. The van der Waals surface area contributed by atoms with Crippen molar-refractivity contribution in [2.45, 2.75) is 30.5 Å². The molecular weight excluding hydrogens is 258 g/mol. The highest BCUT2D eigenvalue weighted by atomic mass is 79.9. The molecule has 0 aromatic heterocycles. The quantitative estimate of drug-likeness (QED) is 0.562. The standard InChI is InChI=1S/C7H15Br2N/c1-4-10(5-2)7(9)6(3)8/h6-7H,4-5H2,1-3H3. The average Bonchev–Trinajstić information content (AvgIpc) is 1.90. The van der Waals surface area contributed by atoms with Gasteiger partial charge in [-0.3, -0.25) is 4.90 Å². The lowest BCUT2D eigenvalue weighted by Gasteiger charge is -2.26. The van der Waals surface area contributed by atoms with Crippen LogP contribution in [0.2, 0.25) is 0 Å². The molecule has 0 heterocycles. The molecule has 0 rings (SSSR count). The van der Waals surface area contributed by atoms with Crippen LogP contribution >= 0.6 is 31.9 Å². The first kappa shape index (κ1) is 10.9. The van der Waals surface area contributed by atoms with Gasteiger partial charge < -0.3 is 0 Å². The highest BCUT2D eigenvalue weighted by molar-refractivity contribution is 9.12. The van der Waals surface area contributed by atoms with E-state index in [0.717, 1.165) is 13.1 Å². The first-order valence-electron chi connectivity index (χ1n) is 3.65. The van der Waals surface area contributed by atoms with Crippen LogP contribution in [-0.2, 0) is 0 Å². The molecule has 0 saturated carbocycles. The van der Waals surface area contributed by atoms with Gasteiger partial charge in [-0.25, -0.2) is 0 Å². The van der Waals surface area contributed by atoms with Crippen LogP contribution < -0.4 is 0 Å². The Kier molecular flexibility index (Phi) is 6.07. The maximum absolute atomic E-state index is 3.61. The van der Waals surface area contributed by atoms with E-state index in [9.17, 15) is 0 Å². The summed E-state index contributed by atoms with van der Waals surface area (Å²) < 4.78 is 0. The molecule has 0 spiro atoms. The van der Waals surface area contributed by atoms with Crippen molar-refractivity contribution in [1.82, 2.24) is 4.90 Å². The van der Waals surface area contributed by atoms with Gasteiger partial charge in [-0.15, -0.1) is 0 Å². The van der Waals surface area contributed by atoms with Crippen LogP contribution in [0.3, 0.4) is 0 Å². The third-order valence-electron chi connectivity index (χ3n) is 1.54. The van der Waals surface area contributed by atoms with Gasteiger partial charge in [0.15, 0.2) is 0 Å². The second kappa shape index (κ2) is 5.56. The molecule has 2 atom stereocenters. The fraction of sp³-hybridized carbons (Fsp3) is 1.00. The zero-order chi connectivity index (χ0) is 8.15. The van der Waals surface area contributed by atoms with Crippen LogP contribution in [0.5, 0.6) is 0 Å². The lowest BCUT2D eigenvalue weighted by Crippen LogP contribution is -2.35. The minimum Gasteiger partial charge on any atom is -0.291 e. The highest BCUT2D eigenvalue weighted by Crippen LogP contribution is 2.17. The van der Waals surface area contributed by atoms with Gasteiger partial charge in [0.2, 0.25) is 0 Å². The van der Waals surface area contributed by atoms with Crippen LogP contribution in [0.25, 0.3) is 0 Å². The predicted octanol–water partition coefficient (Wildman–Crippen LogP) is 2.83. The third-order valence-corrected chi connectivity index (χ3v) is 4.12. The maximum atomic E-state index is 3.61. The van der Waals surface area contributed by atoms with Crippen molar-refractivity contribution >= 4 is 31.9 Å². The van der Waals surface area contributed by atoms with Gasteiger partial charge in [-0.1, -0.05) is 52.6 Å². The summed E-state index contributed by atoms with van der Waals surface area (Å²) in [6, 6.07) is 0. The Morgan fingerprint density at radius 3 is 1.70 bits per heavy atom. The van der Waals surface area contributed by atoms with Crippen molar-refractivity contribution in [2.24, 2.45) is 0 Å². The van der Waals surface area contributed by atoms with Crippen molar-refractivity contribution in [3.05, 3.63) is 0 Å². The molecule has 0 radical (unpaired) electrons. The van der Waals surface area contributed by atoms with Crippen LogP contribution in [0.15, 0.2) is 0 Å². The van der Waals surface area contributed by atoms with E-state index in [1.165, 1.54) is 0 Å². The topological polar surface area (TPSA) is 3.24 Å². The molecule has 0 fully saturated rings. The molecule has 0 aliphatic heterocycles. The Morgan fingerprint density at radius 2 is 1.60 bits per heavy atom. The molecule has 3 heteroatoms. The van der Waals surface area contributed by atoms with Crippen molar-refractivity contribution in [3.63, 3.8) is 0 Å². The molecule has 0 aliphatic rings. The molecule has 0 aromatic rings. The summed E-state index contributed by atoms with van der Waals surface area (Å²) >= 11 is 7.14. The first-order valence-corrected chi connectivity index (χ1v) is 5.48. The monoisotopic (exact) mass is 271 g/mol. The molecule has 1 nitrogen and oxygen atoms in total. The van der Waals surface area contributed by atoms with Gasteiger partial charge >= 0.3 is 0 Å². The number of halogens is 2. The number of nitrogens with zero attached hydrogens (tertiary/aromatic N) is 1. The normalized spacial score (nSPS) is 17.4. The largest absolute Gasteiger partial charge is 0.291 e. The second-order valence-electron chi connectivity index (χ2n) is 2.27. The lowest BCUT2D eigenvalue weighted by molar-refractivity contribution is 0.289. The lowest BCUT2D eigenvalue weighted by atomic mass is 10.4. The van der Waals surface area contributed by atoms with Crippen LogP contribution in [0, 0.1) is 0 Å². The Hall–Kier alpha value is 0.920. The molecule has 0 bridgehead atoms. The maximum Gasteiger partial charge on any atom is 0.0779 e. The second-order valence-corrected chi connectivity index (χ2v) is 4.65. The SMILES string of the molecule is CCN(CC)C(Br)C(C)Br. The van der Waals surface area contributed by atoms with E-state index in [2.05, 4.69) is 57.5 Å². The van der Waals surface area contributed by atoms with E-state index in [4.69, 9.17) is 0 Å². The van der Waals surface area contributed by atoms with Crippen molar-refractivity contribution < 1.29 is 0 Å².